The molecule has 25 heavy (non-hydrogen) atoms. The molecule has 2 aliphatic rings. The second-order valence-corrected chi connectivity index (χ2v) is 6.77. The molecule has 0 saturated carbocycles. The van der Waals surface area contributed by atoms with E-state index in [-0.39, 0.29) is 29.2 Å². The second-order valence-electron chi connectivity index (χ2n) is 5.71. The summed E-state index contributed by atoms with van der Waals surface area (Å²) in [6.07, 6.45) is 1.84. The molecule has 9 heteroatoms. The van der Waals surface area contributed by atoms with Crippen molar-refractivity contribution in [3.63, 3.8) is 0 Å². The van der Waals surface area contributed by atoms with Crippen molar-refractivity contribution in [2.75, 3.05) is 17.6 Å². The number of nitrogens with zero attached hydrogens (tertiary/aromatic N) is 2. The Morgan fingerprint density at radius 1 is 1.40 bits per heavy atom. The van der Waals surface area contributed by atoms with Crippen molar-refractivity contribution in [3.8, 4) is 0 Å². The number of rotatable bonds is 2. The monoisotopic (exact) mass is 382 g/mol. The first-order valence-corrected chi connectivity index (χ1v) is 8.68. The van der Waals surface area contributed by atoms with Crippen LogP contribution in [0.2, 0.25) is 0 Å². The Balaban J connectivity index is 0.00000182. The van der Waals surface area contributed by atoms with Crippen molar-refractivity contribution in [3.05, 3.63) is 51.2 Å². The number of anilines is 1. The lowest BCUT2D eigenvalue weighted by Crippen LogP contribution is -2.30. The number of carbonyl (C=O) groups excluding carboxylic acids is 1. The topological polar surface area (TPSA) is 76.0 Å². The van der Waals surface area contributed by atoms with Gasteiger partial charge in [0.1, 0.15) is 11.4 Å². The zero-order valence-corrected chi connectivity index (χ0v) is 14.8. The summed E-state index contributed by atoms with van der Waals surface area (Å²) >= 11 is 1.48. The lowest BCUT2D eigenvalue weighted by molar-refractivity contribution is 0.102. The summed E-state index contributed by atoms with van der Waals surface area (Å²) in [5.74, 6) is -0.291. The van der Waals surface area contributed by atoms with Gasteiger partial charge in [-0.25, -0.2) is 9.37 Å². The highest BCUT2D eigenvalue weighted by Crippen LogP contribution is 2.25. The SMILES string of the molecule is Cl.O=C(Nc1ccc2c(c1F)CCNC2)c1cnc2n(c1=O)CCS2. The molecule has 0 radical (unpaired) electrons. The molecule has 0 bridgehead atoms. The standard InChI is InChI=1S/C16H15FN4O2S.ClH/c17-13-10-3-4-18-7-9(10)1-2-12(13)20-14(22)11-8-19-16-21(15(11)23)5-6-24-16;/h1-2,8,18H,3-7H2,(H,20,22);1H. The van der Waals surface area contributed by atoms with Crippen LogP contribution in [0.15, 0.2) is 28.3 Å². The maximum Gasteiger partial charge on any atom is 0.267 e. The molecule has 1 aromatic carbocycles. The third-order valence-electron chi connectivity index (χ3n) is 4.26. The quantitative estimate of drug-likeness (QED) is 0.775. The lowest BCUT2D eigenvalue weighted by Gasteiger charge is -2.19. The summed E-state index contributed by atoms with van der Waals surface area (Å²) in [5.41, 5.74) is 1.16. The maximum atomic E-state index is 14.6. The van der Waals surface area contributed by atoms with Crippen molar-refractivity contribution in [2.45, 2.75) is 24.7 Å². The summed E-state index contributed by atoms with van der Waals surface area (Å²) in [6, 6.07) is 3.33. The summed E-state index contributed by atoms with van der Waals surface area (Å²) in [4.78, 5) is 28.9. The first kappa shape index (κ1) is 17.9. The van der Waals surface area contributed by atoms with Crippen LogP contribution in [0.25, 0.3) is 0 Å². The molecule has 2 N–H and O–H groups in total. The number of nitrogens with one attached hydrogen (secondary N) is 2. The van der Waals surface area contributed by atoms with Crippen LogP contribution in [0.3, 0.4) is 0 Å². The highest BCUT2D eigenvalue weighted by molar-refractivity contribution is 7.99. The van der Waals surface area contributed by atoms with Crippen LogP contribution < -0.4 is 16.2 Å². The van der Waals surface area contributed by atoms with Gasteiger partial charge in [0.25, 0.3) is 11.5 Å². The van der Waals surface area contributed by atoms with Crippen molar-refractivity contribution in [1.29, 1.82) is 0 Å². The second kappa shape index (κ2) is 7.15. The molecule has 4 rings (SSSR count). The first-order valence-electron chi connectivity index (χ1n) is 7.70. The van der Waals surface area contributed by atoms with Gasteiger partial charge in [-0.2, -0.15) is 0 Å². The fourth-order valence-electron chi connectivity index (χ4n) is 2.99. The molecule has 0 unspecified atom stereocenters. The number of hydrogen-bond acceptors (Lipinski definition) is 5. The number of amides is 1. The van der Waals surface area contributed by atoms with Gasteiger partial charge in [-0.1, -0.05) is 17.8 Å². The molecule has 0 aliphatic carbocycles. The lowest BCUT2D eigenvalue weighted by atomic mass is 9.99. The Labute approximate surface area is 153 Å². The van der Waals surface area contributed by atoms with Crippen LogP contribution in [0.1, 0.15) is 21.5 Å². The molecule has 2 aromatic rings. The Kier molecular flexibility index (Phi) is 5.12. The Morgan fingerprint density at radius 3 is 3.08 bits per heavy atom. The minimum atomic E-state index is -0.632. The Bertz CT molecular complexity index is 902. The van der Waals surface area contributed by atoms with E-state index in [2.05, 4.69) is 15.6 Å². The zero-order chi connectivity index (χ0) is 16.7. The van der Waals surface area contributed by atoms with E-state index in [4.69, 9.17) is 0 Å². The van der Waals surface area contributed by atoms with E-state index in [0.717, 1.165) is 11.3 Å². The van der Waals surface area contributed by atoms with Crippen LogP contribution in [-0.4, -0.2) is 27.8 Å². The van der Waals surface area contributed by atoms with Crippen LogP contribution >= 0.6 is 24.2 Å². The van der Waals surface area contributed by atoms with Gasteiger partial charge in [-0.3, -0.25) is 14.2 Å². The number of aromatic nitrogens is 2. The van der Waals surface area contributed by atoms with Crippen molar-refractivity contribution >= 4 is 35.8 Å². The number of carbonyl (C=O) groups is 1. The number of benzene rings is 1. The molecule has 0 atom stereocenters. The van der Waals surface area contributed by atoms with Crippen LogP contribution in [0.5, 0.6) is 0 Å². The maximum absolute atomic E-state index is 14.6. The molecular weight excluding hydrogens is 367 g/mol. The smallest absolute Gasteiger partial charge is 0.267 e. The van der Waals surface area contributed by atoms with Gasteiger partial charge in [0.2, 0.25) is 0 Å². The van der Waals surface area contributed by atoms with Gasteiger partial charge in [0.15, 0.2) is 5.16 Å². The average molecular weight is 383 g/mol. The molecule has 1 aromatic heterocycles. The third-order valence-corrected chi connectivity index (χ3v) is 5.23. The molecule has 0 spiro atoms. The molecule has 3 heterocycles. The van der Waals surface area contributed by atoms with E-state index in [9.17, 15) is 14.0 Å². The van der Waals surface area contributed by atoms with Crippen LogP contribution in [0.4, 0.5) is 10.1 Å². The van der Waals surface area contributed by atoms with Crippen LogP contribution in [0, 0.1) is 5.82 Å². The number of hydrogen-bond donors (Lipinski definition) is 2. The zero-order valence-electron chi connectivity index (χ0n) is 13.2. The van der Waals surface area contributed by atoms with Gasteiger partial charge >= 0.3 is 0 Å². The summed E-state index contributed by atoms with van der Waals surface area (Å²) < 4.78 is 16.1. The molecule has 0 saturated heterocycles. The minimum Gasteiger partial charge on any atom is -0.319 e. The summed E-state index contributed by atoms with van der Waals surface area (Å²) in [5, 5.41) is 6.31. The molecule has 6 nitrogen and oxygen atoms in total. The van der Waals surface area contributed by atoms with E-state index in [1.165, 1.54) is 28.6 Å². The van der Waals surface area contributed by atoms with E-state index >= 15 is 0 Å². The van der Waals surface area contributed by atoms with Gasteiger partial charge in [-0.05, 0) is 30.2 Å². The van der Waals surface area contributed by atoms with Crippen molar-refractivity contribution in [2.24, 2.45) is 0 Å². The summed E-state index contributed by atoms with van der Waals surface area (Å²) in [6.45, 7) is 1.86. The number of thioether (sulfide) groups is 1. The average Bonchev–Trinajstić information content (AvgIpc) is 3.07. The summed E-state index contributed by atoms with van der Waals surface area (Å²) in [7, 11) is 0. The van der Waals surface area contributed by atoms with Gasteiger partial charge in [-0.15, -0.1) is 12.4 Å². The predicted molar refractivity (Wildman–Crippen MR) is 96.2 cm³/mol. The largest absolute Gasteiger partial charge is 0.319 e. The van der Waals surface area contributed by atoms with Gasteiger partial charge in [0.05, 0.1) is 5.69 Å². The van der Waals surface area contributed by atoms with Crippen molar-refractivity contribution < 1.29 is 9.18 Å². The third kappa shape index (κ3) is 3.17. The normalized spacial score (nSPS) is 15.1. The minimum absolute atomic E-state index is 0. The molecule has 132 valence electrons. The Hall–Kier alpha value is -1.90. The Morgan fingerprint density at radius 2 is 2.24 bits per heavy atom. The van der Waals surface area contributed by atoms with Crippen molar-refractivity contribution in [1.82, 2.24) is 14.9 Å². The fourth-order valence-corrected chi connectivity index (χ4v) is 3.91. The first-order chi connectivity index (χ1) is 11.6. The van der Waals surface area contributed by atoms with E-state index in [1.807, 2.05) is 0 Å². The number of fused-ring (bicyclic) bond motifs is 2. The molecule has 0 fully saturated rings. The molecular formula is C16H16ClFN4O2S. The van der Waals surface area contributed by atoms with Gasteiger partial charge < -0.3 is 10.6 Å². The van der Waals surface area contributed by atoms with E-state index < -0.39 is 11.7 Å². The molecule has 2 aliphatic heterocycles. The van der Waals surface area contributed by atoms with E-state index in [1.54, 1.807) is 6.07 Å². The molecule has 1 amide bonds. The number of halogens is 2. The highest BCUT2D eigenvalue weighted by Gasteiger charge is 2.22. The van der Waals surface area contributed by atoms with Crippen LogP contribution in [-0.2, 0) is 19.5 Å². The predicted octanol–water partition coefficient (Wildman–Crippen LogP) is 1.81. The van der Waals surface area contributed by atoms with E-state index in [0.29, 0.717) is 36.8 Å². The van der Waals surface area contributed by atoms with Gasteiger partial charge in [0, 0.05) is 25.0 Å². The fraction of sp³-hybridized carbons (Fsp3) is 0.312. The highest BCUT2D eigenvalue weighted by atomic mass is 35.5.